The molecule has 0 aliphatic rings. The van der Waals surface area contributed by atoms with E-state index in [4.69, 9.17) is 0 Å². The second-order valence-electron chi connectivity index (χ2n) is 5.56. The highest BCUT2D eigenvalue weighted by molar-refractivity contribution is 5.90. The molecule has 4 heteroatoms. The van der Waals surface area contributed by atoms with Gasteiger partial charge in [0, 0.05) is 11.8 Å². The molecule has 0 saturated heterocycles. The second kappa shape index (κ2) is 6.08. The smallest absolute Gasteiger partial charge is 0.267 e. The van der Waals surface area contributed by atoms with Crippen LogP contribution in [0.15, 0.2) is 83.8 Å². The van der Waals surface area contributed by atoms with Gasteiger partial charge in [-0.05, 0) is 17.7 Å². The summed E-state index contributed by atoms with van der Waals surface area (Å²) < 4.78 is 1.52. The van der Waals surface area contributed by atoms with Gasteiger partial charge in [-0.3, -0.25) is 9.78 Å². The van der Waals surface area contributed by atoms with Gasteiger partial charge in [-0.1, -0.05) is 60.7 Å². The van der Waals surface area contributed by atoms with E-state index in [1.54, 1.807) is 18.3 Å². The molecule has 24 heavy (non-hydrogen) atoms. The molecule has 4 aromatic rings. The lowest BCUT2D eigenvalue weighted by atomic mass is 10.1. The van der Waals surface area contributed by atoms with Gasteiger partial charge in [-0.25, -0.2) is 4.68 Å². The molecule has 2 aromatic heterocycles. The van der Waals surface area contributed by atoms with Gasteiger partial charge < -0.3 is 0 Å². The number of rotatable bonds is 3. The maximum Gasteiger partial charge on any atom is 0.276 e. The van der Waals surface area contributed by atoms with E-state index in [2.05, 4.69) is 10.1 Å². The fourth-order valence-corrected chi connectivity index (χ4v) is 2.77. The summed E-state index contributed by atoms with van der Waals surface area (Å²) >= 11 is 0. The summed E-state index contributed by atoms with van der Waals surface area (Å²) in [6, 6.07) is 23.3. The van der Waals surface area contributed by atoms with Crippen LogP contribution in [0.4, 0.5) is 0 Å². The predicted octanol–water partition coefficient (Wildman–Crippen LogP) is 3.51. The molecule has 0 bridgehead atoms. The Kier molecular flexibility index (Phi) is 3.63. The van der Waals surface area contributed by atoms with Crippen LogP contribution in [0, 0.1) is 0 Å². The molecular weight excluding hydrogens is 298 g/mol. The summed E-state index contributed by atoms with van der Waals surface area (Å²) in [6.45, 7) is 0.435. The number of hydrogen-bond acceptors (Lipinski definition) is 3. The Balaban J connectivity index is 1.95. The number of pyridine rings is 1. The van der Waals surface area contributed by atoms with Crippen molar-refractivity contribution < 1.29 is 0 Å². The van der Waals surface area contributed by atoms with E-state index < -0.39 is 0 Å². The quantitative estimate of drug-likeness (QED) is 0.581. The number of hydrogen-bond donors (Lipinski definition) is 0. The van der Waals surface area contributed by atoms with Crippen LogP contribution in [0.3, 0.4) is 0 Å². The van der Waals surface area contributed by atoms with Crippen LogP contribution < -0.4 is 5.56 Å². The highest BCUT2D eigenvalue weighted by atomic mass is 16.1. The van der Waals surface area contributed by atoms with Crippen LogP contribution in [-0.4, -0.2) is 14.8 Å². The highest BCUT2D eigenvalue weighted by Crippen LogP contribution is 2.22. The minimum Gasteiger partial charge on any atom is -0.267 e. The van der Waals surface area contributed by atoms with Gasteiger partial charge in [0.1, 0.15) is 11.2 Å². The van der Waals surface area contributed by atoms with Crippen LogP contribution >= 0.6 is 0 Å². The molecule has 0 fully saturated rings. The molecule has 4 rings (SSSR count). The molecule has 0 amide bonds. The Morgan fingerprint density at radius 1 is 0.833 bits per heavy atom. The Bertz CT molecular complexity index is 1040. The summed E-state index contributed by atoms with van der Waals surface area (Å²) in [5.41, 5.74) is 3.22. The Morgan fingerprint density at radius 3 is 2.29 bits per heavy atom. The molecule has 116 valence electrons. The van der Waals surface area contributed by atoms with Gasteiger partial charge in [0.25, 0.3) is 5.56 Å². The lowest BCUT2D eigenvalue weighted by molar-refractivity contribution is 0.650. The van der Waals surface area contributed by atoms with E-state index in [1.807, 2.05) is 60.7 Å². The number of aromatic nitrogens is 3. The Labute approximate surface area is 139 Å². The SMILES string of the molecule is O=c1c2cccnc2c(-c2ccccc2)nn1Cc1ccccc1. The summed E-state index contributed by atoms with van der Waals surface area (Å²) in [5, 5.41) is 5.19. The van der Waals surface area contributed by atoms with Crippen molar-refractivity contribution in [1.29, 1.82) is 0 Å². The molecule has 2 aromatic carbocycles. The third-order valence-corrected chi connectivity index (χ3v) is 3.94. The summed E-state index contributed by atoms with van der Waals surface area (Å²) in [4.78, 5) is 17.2. The van der Waals surface area contributed by atoms with Gasteiger partial charge >= 0.3 is 0 Å². The molecule has 0 N–H and O–H groups in total. The lowest BCUT2D eigenvalue weighted by Crippen LogP contribution is -2.24. The first-order valence-electron chi connectivity index (χ1n) is 7.78. The van der Waals surface area contributed by atoms with E-state index in [0.29, 0.717) is 17.4 Å². The molecule has 0 saturated carbocycles. The molecule has 0 aliphatic carbocycles. The van der Waals surface area contributed by atoms with Crippen molar-refractivity contribution in [2.45, 2.75) is 6.54 Å². The van der Waals surface area contributed by atoms with Gasteiger partial charge in [0.2, 0.25) is 0 Å². The maximum absolute atomic E-state index is 12.8. The van der Waals surface area contributed by atoms with Gasteiger partial charge in [0.05, 0.1) is 11.9 Å². The van der Waals surface area contributed by atoms with E-state index >= 15 is 0 Å². The molecule has 0 atom stereocenters. The first-order valence-corrected chi connectivity index (χ1v) is 7.78. The molecule has 0 spiro atoms. The zero-order valence-electron chi connectivity index (χ0n) is 13.0. The third kappa shape index (κ3) is 2.58. The summed E-state index contributed by atoms with van der Waals surface area (Å²) in [6.07, 6.45) is 1.69. The number of benzene rings is 2. The topological polar surface area (TPSA) is 47.8 Å². The fourth-order valence-electron chi connectivity index (χ4n) is 2.77. The van der Waals surface area contributed by atoms with Crippen molar-refractivity contribution in [3.05, 3.63) is 94.9 Å². The second-order valence-corrected chi connectivity index (χ2v) is 5.56. The minimum absolute atomic E-state index is 0.123. The van der Waals surface area contributed by atoms with Crippen molar-refractivity contribution in [1.82, 2.24) is 14.8 Å². The zero-order valence-corrected chi connectivity index (χ0v) is 13.0. The normalized spacial score (nSPS) is 10.8. The van der Waals surface area contributed by atoms with Crippen LogP contribution in [0.2, 0.25) is 0 Å². The molecule has 0 aliphatic heterocycles. The number of fused-ring (bicyclic) bond motifs is 1. The molecule has 0 radical (unpaired) electrons. The largest absolute Gasteiger partial charge is 0.276 e. The zero-order chi connectivity index (χ0) is 16.4. The van der Waals surface area contributed by atoms with Crippen molar-refractivity contribution in [2.24, 2.45) is 0 Å². The van der Waals surface area contributed by atoms with E-state index in [1.165, 1.54) is 4.68 Å². The van der Waals surface area contributed by atoms with Crippen LogP contribution in [0.25, 0.3) is 22.2 Å². The van der Waals surface area contributed by atoms with Crippen molar-refractivity contribution in [3.63, 3.8) is 0 Å². The molecule has 0 unspecified atom stereocenters. The van der Waals surface area contributed by atoms with E-state index in [9.17, 15) is 4.79 Å². The first kappa shape index (κ1) is 14.3. The molecule has 4 nitrogen and oxygen atoms in total. The molecule has 2 heterocycles. The first-order chi connectivity index (χ1) is 11.8. The highest BCUT2D eigenvalue weighted by Gasteiger charge is 2.13. The Hall–Kier alpha value is -3.27. The van der Waals surface area contributed by atoms with Crippen molar-refractivity contribution >= 4 is 10.9 Å². The fraction of sp³-hybridized carbons (Fsp3) is 0.0500. The van der Waals surface area contributed by atoms with Crippen molar-refractivity contribution in [2.75, 3.05) is 0 Å². The Morgan fingerprint density at radius 2 is 1.54 bits per heavy atom. The van der Waals surface area contributed by atoms with Gasteiger partial charge in [-0.2, -0.15) is 5.10 Å². The average Bonchev–Trinajstić information content (AvgIpc) is 2.66. The minimum atomic E-state index is -0.123. The average molecular weight is 313 g/mol. The van der Waals surface area contributed by atoms with E-state index in [-0.39, 0.29) is 5.56 Å². The standard InChI is InChI=1S/C20H15N3O/c24-20-17-12-7-13-21-19(17)18(16-10-5-2-6-11-16)22-23(20)14-15-8-3-1-4-9-15/h1-13H,14H2. The summed E-state index contributed by atoms with van der Waals surface area (Å²) in [7, 11) is 0. The monoisotopic (exact) mass is 313 g/mol. The summed E-state index contributed by atoms with van der Waals surface area (Å²) in [5.74, 6) is 0. The predicted molar refractivity (Wildman–Crippen MR) is 94.8 cm³/mol. The third-order valence-electron chi connectivity index (χ3n) is 3.94. The van der Waals surface area contributed by atoms with Gasteiger partial charge in [0.15, 0.2) is 0 Å². The van der Waals surface area contributed by atoms with Crippen LogP contribution in [0.5, 0.6) is 0 Å². The van der Waals surface area contributed by atoms with Gasteiger partial charge in [-0.15, -0.1) is 0 Å². The van der Waals surface area contributed by atoms with Crippen LogP contribution in [0.1, 0.15) is 5.56 Å². The molecular formula is C20H15N3O. The lowest BCUT2D eigenvalue weighted by Gasteiger charge is -2.10. The van der Waals surface area contributed by atoms with Crippen LogP contribution in [-0.2, 0) is 6.54 Å². The maximum atomic E-state index is 12.8. The van der Waals surface area contributed by atoms with Crippen molar-refractivity contribution in [3.8, 4) is 11.3 Å². The number of nitrogens with zero attached hydrogens (tertiary/aromatic N) is 3. The van der Waals surface area contributed by atoms with E-state index in [0.717, 1.165) is 16.8 Å².